The fraction of sp³-hybridized carbons (Fsp3) is 0.316. The van der Waals surface area contributed by atoms with E-state index in [0.29, 0.717) is 0 Å². The number of halogens is 1. The Hall–Kier alpha value is -2.06. The van der Waals surface area contributed by atoms with Crippen molar-refractivity contribution in [1.29, 1.82) is 0 Å². The van der Waals surface area contributed by atoms with Gasteiger partial charge in [0, 0.05) is 5.56 Å². The van der Waals surface area contributed by atoms with E-state index < -0.39 is 29.3 Å². The molecule has 0 N–H and O–H groups in total. The molecule has 0 heterocycles. The van der Waals surface area contributed by atoms with Crippen molar-refractivity contribution in [2.45, 2.75) is 31.6 Å². The first kappa shape index (κ1) is 23.2. The fourth-order valence-corrected chi connectivity index (χ4v) is 4.64. The Kier molecular flexibility index (Phi) is 8.10. The molecule has 2 aromatic carbocycles. The summed E-state index contributed by atoms with van der Waals surface area (Å²) in [6, 6.07) is 13.7. The fourth-order valence-electron chi connectivity index (χ4n) is 2.36. The molecule has 0 saturated heterocycles. The predicted molar refractivity (Wildman–Crippen MR) is 108 cm³/mol. The Bertz CT molecular complexity index is 970. The molecule has 7 nitrogen and oxygen atoms in total. The lowest BCUT2D eigenvalue weighted by Crippen LogP contribution is -2.21. The zero-order valence-corrected chi connectivity index (χ0v) is 18.0. The third-order valence-electron chi connectivity index (χ3n) is 3.73. The van der Waals surface area contributed by atoms with Crippen molar-refractivity contribution in [2.75, 3.05) is 13.2 Å². The van der Waals surface area contributed by atoms with Crippen molar-refractivity contribution in [3.8, 4) is 0 Å². The molecule has 158 valence electrons. The molecule has 1 atom stereocenters. The third kappa shape index (κ3) is 5.96. The molecule has 2 rings (SSSR count). The van der Waals surface area contributed by atoms with E-state index in [4.69, 9.17) is 13.3 Å². The molecule has 10 heteroatoms. The highest BCUT2D eigenvalue weighted by Gasteiger charge is 2.41. The Labute approximate surface area is 170 Å². The molecule has 0 aromatic heterocycles. The van der Waals surface area contributed by atoms with Gasteiger partial charge in [-0.1, -0.05) is 53.2 Å². The van der Waals surface area contributed by atoms with Crippen LogP contribution < -0.4 is 0 Å². The lowest BCUT2D eigenvalue weighted by atomic mass is 10.1. The average Bonchev–Trinajstić information content (AvgIpc) is 2.69. The summed E-state index contributed by atoms with van der Waals surface area (Å²) in [5.74, 6) is -2.35. The van der Waals surface area contributed by atoms with Crippen LogP contribution >= 0.6 is 7.60 Å². The van der Waals surface area contributed by atoms with Gasteiger partial charge in [-0.15, -0.1) is 0 Å². The van der Waals surface area contributed by atoms with E-state index >= 15 is 4.39 Å². The SMILES string of the molecule is CCOP(=O)(OCC)C(F)/C(=N/OS(=O)(=O)c1ccc(C)cc1)c1ccccc1. The number of alkyl halides is 1. The highest BCUT2D eigenvalue weighted by molar-refractivity contribution is 7.86. The Balaban J connectivity index is 2.45. The lowest BCUT2D eigenvalue weighted by Gasteiger charge is -2.21. The summed E-state index contributed by atoms with van der Waals surface area (Å²) in [5.41, 5.74) is 0.529. The van der Waals surface area contributed by atoms with Gasteiger partial charge in [0.2, 0.25) is 5.91 Å². The average molecular weight is 443 g/mol. The van der Waals surface area contributed by atoms with Crippen molar-refractivity contribution in [2.24, 2.45) is 5.16 Å². The van der Waals surface area contributed by atoms with E-state index in [2.05, 4.69) is 5.16 Å². The first-order chi connectivity index (χ1) is 13.7. The van der Waals surface area contributed by atoms with Crippen LogP contribution in [0.5, 0.6) is 0 Å². The van der Waals surface area contributed by atoms with Gasteiger partial charge in [0.15, 0.2) is 0 Å². The Morgan fingerprint density at radius 1 is 1.03 bits per heavy atom. The van der Waals surface area contributed by atoms with E-state index in [9.17, 15) is 13.0 Å². The van der Waals surface area contributed by atoms with Crippen molar-refractivity contribution >= 4 is 23.4 Å². The topological polar surface area (TPSA) is 91.3 Å². The number of oxime groups is 1. The van der Waals surface area contributed by atoms with Crippen LogP contribution in [0.4, 0.5) is 4.39 Å². The number of nitrogens with zero attached hydrogens (tertiary/aromatic N) is 1. The number of rotatable bonds is 10. The minimum atomic E-state index is -4.31. The van der Waals surface area contributed by atoms with E-state index in [1.807, 2.05) is 0 Å². The van der Waals surface area contributed by atoms with Crippen molar-refractivity contribution in [3.63, 3.8) is 0 Å². The summed E-state index contributed by atoms with van der Waals surface area (Å²) in [6.07, 6.45) is 0. The van der Waals surface area contributed by atoms with Crippen LogP contribution in [-0.2, 0) is 28.0 Å². The zero-order chi connectivity index (χ0) is 21.5. The lowest BCUT2D eigenvalue weighted by molar-refractivity contribution is 0.201. The van der Waals surface area contributed by atoms with Crippen LogP contribution in [0.25, 0.3) is 0 Å². The maximum Gasteiger partial charge on any atom is 0.370 e. The van der Waals surface area contributed by atoms with Gasteiger partial charge < -0.3 is 9.05 Å². The largest absolute Gasteiger partial charge is 0.370 e. The molecule has 0 radical (unpaired) electrons. The highest BCUT2D eigenvalue weighted by Crippen LogP contribution is 2.54. The van der Waals surface area contributed by atoms with E-state index in [1.54, 1.807) is 37.3 Å². The van der Waals surface area contributed by atoms with Crippen LogP contribution in [0.15, 0.2) is 64.6 Å². The normalized spacial score (nSPS) is 13.9. The summed E-state index contributed by atoms with van der Waals surface area (Å²) in [5, 5.41) is 3.52. The second kappa shape index (κ2) is 10.1. The maximum atomic E-state index is 15.3. The molecular weight excluding hydrogens is 420 g/mol. The van der Waals surface area contributed by atoms with Gasteiger partial charge in [-0.25, -0.2) is 4.39 Å². The smallest absolute Gasteiger partial charge is 0.307 e. The van der Waals surface area contributed by atoms with Crippen LogP contribution in [0.3, 0.4) is 0 Å². The highest BCUT2D eigenvalue weighted by atomic mass is 32.2. The Morgan fingerprint density at radius 2 is 1.59 bits per heavy atom. The maximum absolute atomic E-state index is 15.3. The number of benzene rings is 2. The van der Waals surface area contributed by atoms with E-state index in [0.717, 1.165) is 5.56 Å². The number of hydrogen-bond acceptors (Lipinski definition) is 7. The van der Waals surface area contributed by atoms with E-state index in [1.165, 1.54) is 38.1 Å². The van der Waals surface area contributed by atoms with Crippen LogP contribution in [0, 0.1) is 6.92 Å². The van der Waals surface area contributed by atoms with Gasteiger partial charge in [-0.05, 0) is 32.9 Å². The van der Waals surface area contributed by atoms with Gasteiger partial charge in [0.05, 0.1) is 13.2 Å². The quantitative estimate of drug-likeness (QED) is 0.301. The standard InChI is InChI=1S/C19H23FNO6PS/c1-4-25-28(22,26-5-2)19(20)18(16-9-7-6-8-10-16)21-27-29(23,24)17-13-11-15(3)12-14-17/h6-14,19H,4-5H2,1-3H3/b21-18+. The molecular formula is C19H23FNO6PS. The summed E-state index contributed by atoms with van der Waals surface area (Å²) < 4.78 is 67.8. The first-order valence-corrected chi connectivity index (χ1v) is 11.9. The summed E-state index contributed by atoms with van der Waals surface area (Å²) in [7, 11) is -8.57. The van der Waals surface area contributed by atoms with E-state index in [-0.39, 0.29) is 23.7 Å². The minimum Gasteiger partial charge on any atom is -0.307 e. The van der Waals surface area contributed by atoms with Gasteiger partial charge in [0.25, 0.3) is 0 Å². The van der Waals surface area contributed by atoms with Gasteiger partial charge in [-0.2, -0.15) is 8.42 Å². The van der Waals surface area contributed by atoms with Crippen molar-refractivity contribution in [1.82, 2.24) is 0 Å². The molecule has 0 aliphatic carbocycles. The first-order valence-electron chi connectivity index (χ1n) is 8.90. The molecule has 0 bridgehead atoms. The monoisotopic (exact) mass is 443 g/mol. The molecule has 1 unspecified atom stereocenters. The summed E-state index contributed by atoms with van der Waals surface area (Å²) in [4.78, 5) is -0.146. The molecule has 0 saturated carbocycles. The predicted octanol–water partition coefficient (Wildman–Crippen LogP) is 4.67. The third-order valence-corrected chi connectivity index (χ3v) is 6.89. The van der Waals surface area contributed by atoms with Crippen molar-refractivity contribution < 1.29 is 30.7 Å². The molecule has 29 heavy (non-hydrogen) atoms. The van der Waals surface area contributed by atoms with Gasteiger partial charge >= 0.3 is 17.7 Å². The summed E-state index contributed by atoms with van der Waals surface area (Å²) in [6.45, 7) is 4.74. The number of hydrogen-bond donors (Lipinski definition) is 0. The molecule has 0 spiro atoms. The molecule has 2 aromatic rings. The number of aryl methyl sites for hydroxylation is 1. The molecule has 0 fully saturated rings. The zero-order valence-electron chi connectivity index (χ0n) is 16.3. The Morgan fingerprint density at radius 3 is 2.10 bits per heavy atom. The second-order valence-electron chi connectivity index (χ2n) is 5.90. The van der Waals surface area contributed by atoms with Crippen LogP contribution in [-0.4, -0.2) is 33.3 Å². The summed E-state index contributed by atoms with van der Waals surface area (Å²) >= 11 is 0. The second-order valence-corrected chi connectivity index (χ2v) is 9.47. The minimum absolute atomic E-state index is 0.0672. The molecule has 0 aliphatic rings. The molecule has 0 aliphatic heterocycles. The van der Waals surface area contributed by atoms with Crippen LogP contribution in [0.2, 0.25) is 0 Å². The van der Waals surface area contributed by atoms with Crippen molar-refractivity contribution in [3.05, 3.63) is 65.7 Å². The van der Waals surface area contributed by atoms with Gasteiger partial charge in [0.1, 0.15) is 10.6 Å². The molecule has 0 amide bonds. The van der Waals surface area contributed by atoms with Crippen LogP contribution in [0.1, 0.15) is 25.0 Å². The van der Waals surface area contributed by atoms with Gasteiger partial charge in [-0.3, -0.25) is 8.85 Å².